The molecule has 0 fully saturated rings. The average molecular weight is 364 g/mol. The van der Waals surface area contributed by atoms with Crippen molar-refractivity contribution < 1.29 is 9.53 Å². The summed E-state index contributed by atoms with van der Waals surface area (Å²) in [5.74, 6) is 1.06. The van der Waals surface area contributed by atoms with Crippen LogP contribution in [0.1, 0.15) is 30.9 Å². The molecule has 0 saturated heterocycles. The monoisotopic (exact) mass is 364 g/mol. The van der Waals surface area contributed by atoms with Gasteiger partial charge in [-0.2, -0.15) is 0 Å². The van der Waals surface area contributed by atoms with E-state index in [-0.39, 0.29) is 17.9 Å². The molecule has 3 aromatic rings. The lowest BCUT2D eigenvalue weighted by atomic mass is 10.0. The largest absolute Gasteiger partial charge is 0.492 e. The van der Waals surface area contributed by atoms with Crippen molar-refractivity contribution in [2.45, 2.75) is 26.2 Å². The van der Waals surface area contributed by atoms with Crippen molar-refractivity contribution in [2.24, 2.45) is 0 Å². The Morgan fingerprint density at radius 2 is 1.85 bits per heavy atom. The highest BCUT2D eigenvalue weighted by atomic mass is 16.5. The number of aromatic nitrogens is 1. The summed E-state index contributed by atoms with van der Waals surface area (Å²) in [6.45, 7) is 5.05. The van der Waals surface area contributed by atoms with Crippen LogP contribution in [0.15, 0.2) is 59.4 Å². The summed E-state index contributed by atoms with van der Waals surface area (Å²) < 4.78 is 5.64. The number of pyridine rings is 1. The van der Waals surface area contributed by atoms with Crippen molar-refractivity contribution in [2.75, 3.05) is 13.2 Å². The number of H-pyrrole nitrogens is 1. The molecule has 0 atom stereocenters. The zero-order valence-electron chi connectivity index (χ0n) is 15.6. The van der Waals surface area contributed by atoms with E-state index in [1.54, 1.807) is 6.07 Å². The molecule has 2 aromatic carbocycles. The van der Waals surface area contributed by atoms with Gasteiger partial charge >= 0.3 is 0 Å². The Balaban J connectivity index is 1.48. The second-order valence-corrected chi connectivity index (χ2v) is 6.81. The fourth-order valence-electron chi connectivity index (χ4n) is 2.87. The van der Waals surface area contributed by atoms with E-state index >= 15 is 0 Å². The van der Waals surface area contributed by atoms with Crippen molar-refractivity contribution in [1.82, 2.24) is 10.3 Å². The van der Waals surface area contributed by atoms with Gasteiger partial charge in [-0.15, -0.1) is 0 Å². The first-order valence-electron chi connectivity index (χ1n) is 9.13. The summed E-state index contributed by atoms with van der Waals surface area (Å²) in [7, 11) is 0. The number of hydrogen-bond acceptors (Lipinski definition) is 3. The van der Waals surface area contributed by atoms with E-state index in [4.69, 9.17) is 4.74 Å². The highest BCUT2D eigenvalue weighted by Crippen LogP contribution is 2.18. The molecule has 27 heavy (non-hydrogen) atoms. The number of para-hydroxylation sites is 1. The fourth-order valence-corrected chi connectivity index (χ4v) is 2.87. The lowest BCUT2D eigenvalue weighted by Crippen LogP contribution is -2.31. The lowest BCUT2D eigenvalue weighted by molar-refractivity contribution is -0.120. The standard InChI is InChI=1S/C22H24N2O3/c1-15(2)16-7-9-19(10-8-16)27-12-11-23-21(25)14-18-13-17-5-3-4-6-20(17)24-22(18)26/h3-10,13,15H,11-12,14H2,1-2H3,(H,23,25)(H,24,26). The Morgan fingerprint density at radius 1 is 1.11 bits per heavy atom. The number of carbonyl (C=O) groups excluding carboxylic acids is 1. The molecule has 3 rings (SSSR count). The summed E-state index contributed by atoms with van der Waals surface area (Å²) in [5.41, 5.74) is 2.25. The quantitative estimate of drug-likeness (QED) is 0.631. The van der Waals surface area contributed by atoms with Gasteiger partial charge in [0, 0.05) is 11.1 Å². The van der Waals surface area contributed by atoms with Crippen molar-refractivity contribution in [3.63, 3.8) is 0 Å². The predicted octanol–water partition coefficient (Wildman–Crippen LogP) is 3.39. The minimum Gasteiger partial charge on any atom is -0.492 e. The van der Waals surface area contributed by atoms with Gasteiger partial charge in [0.05, 0.1) is 13.0 Å². The van der Waals surface area contributed by atoms with Crippen LogP contribution in [0.25, 0.3) is 10.9 Å². The predicted molar refractivity (Wildman–Crippen MR) is 107 cm³/mol. The van der Waals surface area contributed by atoms with E-state index < -0.39 is 0 Å². The van der Waals surface area contributed by atoms with Crippen LogP contribution >= 0.6 is 0 Å². The molecule has 1 aromatic heterocycles. The SMILES string of the molecule is CC(C)c1ccc(OCCNC(=O)Cc2cc3ccccc3[nH]c2=O)cc1. The number of hydrogen-bond donors (Lipinski definition) is 2. The smallest absolute Gasteiger partial charge is 0.252 e. The number of benzene rings is 2. The first-order valence-corrected chi connectivity index (χ1v) is 9.13. The van der Waals surface area contributed by atoms with E-state index in [0.717, 1.165) is 16.7 Å². The zero-order valence-corrected chi connectivity index (χ0v) is 15.6. The number of nitrogens with one attached hydrogen (secondary N) is 2. The molecule has 0 bridgehead atoms. The molecule has 0 aliphatic carbocycles. The highest BCUT2D eigenvalue weighted by Gasteiger charge is 2.08. The maximum absolute atomic E-state index is 12.1. The van der Waals surface area contributed by atoms with Crippen LogP contribution in [0.3, 0.4) is 0 Å². The molecule has 0 unspecified atom stereocenters. The van der Waals surface area contributed by atoms with Crippen LogP contribution in [0, 0.1) is 0 Å². The number of ether oxygens (including phenoxy) is 1. The number of rotatable bonds is 7. The van der Waals surface area contributed by atoms with Crippen molar-refractivity contribution in [3.8, 4) is 5.75 Å². The van der Waals surface area contributed by atoms with Crippen LogP contribution in [-0.2, 0) is 11.2 Å². The average Bonchev–Trinajstić information content (AvgIpc) is 2.66. The third-order valence-electron chi connectivity index (χ3n) is 4.42. The highest BCUT2D eigenvalue weighted by molar-refractivity contribution is 5.82. The molecule has 140 valence electrons. The van der Waals surface area contributed by atoms with Crippen molar-refractivity contribution in [3.05, 3.63) is 76.1 Å². The summed E-state index contributed by atoms with van der Waals surface area (Å²) in [6, 6.07) is 17.2. The van der Waals surface area contributed by atoms with Gasteiger partial charge in [-0.05, 0) is 41.1 Å². The van der Waals surface area contributed by atoms with E-state index in [0.29, 0.717) is 24.6 Å². The second kappa shape index (κ2) is 8.54. The number of aromatic amines is 1. The molecular formula is C22H24N2O3. The van der Waals surface area contributed by atoms with E-state index in [9.17, 15) is 9.59 Å². The molecule has 0 radical (unpaired) electrons. The molecule has 0 spiro atoms. The Kier molecular flexibility index (Phi) is 5.91. The van der Waals surface area contributed by atoms with E-state index in [2.05, 4.69) is 24.1 Å². The summed E-state index contributed by atoms with van der Waals surface area (Å²) in [6.07, 6.45) is 0.0449. The molecular weight excluding hydrogens is 340 g/mol. The van der Waals surface area contributed by atoms with Crippen LogP contribution in [-0.4, -0.2) is 24.0 Å². The zero-order chi connectivity index (χ0) is 19.2. The summed E-state index contributed by atoms with van der Waals surface area (Å²) in [4.78, 5) is 27.0. The summed E-state index contributed by atoms with van der Waals surface area (Å²) >= 11 is 0. The number of amides is 1. The molecule has 0 aliphatic rings. The topological polar surface area (TPSA) is 71.2 Å². The lowest BCUT2D eigenvalue weighted by Gasteiger charge is -2.10. The van der Waals surface area contributed by atoms with E-state index in [1.165, 1.54) is 5.56 Å². The van der Waals surface area contributed by atoms with Gasteiger partial charge in [0.25, 0.3) is 5.56 Å². The second-order valence-electron chi connectivity index (χ2n) is 6.81. The van der Waals surface area contributed by atoms with Crippen LogP contribution < -0.4 is 15.6 Å². The van der Waals surface area contributed by atoms with Crippen LogP contribution in [0.4, 0.5) is 0 Å². The Bertz CT molecular complexity index is 975. The molecule has 0 saturated carbocycles. The third kappa shape index (κ3) is 4.97. The summed E-state index contributed by atoms with van der Waals surface area (Å²) in [5, 5.41) is 3.70. The maximum Gasteiger partial charge on any atom is 0.252 e. The molecule has 5 heteroatoms. The van der Waals surface area contributed by atoms with Gasteiger partial charge in [0.2, 0.25) is 5.91 Å². The minimum absolute atomic E-state index is 0.0449. The number of fused-ring (bicyclic) bond motifs is 1. The van der Waals surface area contributed by atoms with Gasteiger partial charge < -0.3 is 15.0 Å². The van der Waals surface area contributed by atoms with E-state index in [1.807, 2.05) is 48.5 Å². The fraction of sp³-hybridized carbons (Fsp3) is 0.273. The molecule has 2 N–H and O–H groups in total. The minimum atomic E-state index is -0.231. The van der Waals surface area contributed by atoms with Gasteiger partial charge in [0.15, 0.2) is 0 Å². The van der Waals surface area contributed by atoms with Gasteiger partial charge in [-0.3, -0.25) is 9.59 Å². The Labute approximate surface area is 158 Å². The van der Waals surface area contributed by atoms with Crippen molar-refractivity contribution in [1.29, 1.82) is 0 Å². The van der Waals surface area contributed by atoms with Crippen LogP contribution in [0.2, 0.25) is 0 Å². The third-order valence-corrected chi connectivity index (χ3v) is 4.42. The molecule has 0 aliphatic heterocycles. The first-order chi connectivity index (χ1) is 13.0. The molecule has 5 nitrogen and oxygen atoms in total. The van der Waals surface area contributed by atoms with Crippen LogP contribution in [0.5, 0.6) is 5.75 Å². The normalized spacial score (nSPS) is 10.9. The Morgan fingerprint density at radius 3 is 2.59 bits per heavy atom. The van der Waals surface area contributed by atoms with Crippen molar-refractivity contribution >= 4 is 16.8 Å². The van der Waals surface area contributed by atoms with Gasteiger partial charge in [-0.25, -0.2) is 0 Å². The van der Waals surface area contributed by atoms with Gasteiger partial charge in [0.1, 0.15) is 12.4 Å². The Hall–Kier alpha value is -3.08. The molecule has 1 amide bonds. The maximum atomic E-state index is 12.1. The van der Waals surface area contributed by atoms with Gasteiger partial charge in [-0.1, -0.05) is 44.2 Å². The number of carbonyl (C=O) groups is 1. The first kappa shape index (κ1) is 18.7. The molecule has 1 heterocycles.